The van der Waals surface area contributed by atoms with E-state index in [1.54, 1.807) is 6.92 Å². The summed E-state index contributed by atoms with van der Waals surface area (Å²) in [6.45, 7) is 8.10. The minimum absolute atomic E-state index is 0.250. The van der Waals surface area contributed by atoms with E-state index in [0.717, 1.165) is 25.7 Å². The smallest absolute Gasteiger partial charge is 0.0826 e. The Kier molecular flexibility index (Phi) is 7.20. The van der Waals surface area contributed by atoms with Crippen molar-refractivity contribution in [2.24, 2.45) is 11.8 Å². The van der Waals surface area contributed by atoms with Crippen molar-refractivity contribution < 1.29 is 10.2 Å². The third-order valence-electron chi connectivity index (χ3n) is 3.19. The van der Waals surface area contributed by atoms with Gasteiger partial charge in [0.1, 0.15) is 0 Å². The lowest BCUT2D eigenvalue weighted by Crippen LogP contribution is -2.35. The maximum Gasteiger partial charge on any atom is 0.0826 e. The largest absolute Gasteiger partial charge is 0.391 e. The molecule has 2 N–H and O–H groups in total. The van der Waals surface area contributed by atoms with Gasteiger partial charge in [-0.05, 0) is 18.8 Å². The van der Waals surface area contributed by atoms with Crippen LogP contribution in [0.2, 0.25) is 0 Å². The predicted octanol–water partition coefficient (Wildman–Crippen LogP) is 2.58. The summed E-state index contributed by atoms with van der Waals surface area (Å²) in [4.78, 5) is 0. The van der Waals surface area contributed by atoms with Crippen LogP contribution in [0.5, 0.6) is 0 Å². The lowest BCUT2D eigenvalue weighted by molar-refractivity contribution is -0.0286. The zero-order valence-corrected chi connectivity index (χ0v) is 10.0. The van der Waals surface area contributed by atoms with Crippen molar-refractivity contribution in [1.82, 2.24) is 0 Å². The van der Waals surface area contributed by atoms with Gasteiger partial charge < -0.3 is 10.2 Å². The number of aliphatic hydroxyl groups is 2. The van der Waals surface area contributed by atoms with Crippen molar-refractivity contribution in [1.29, 1.82) is 0 Å². The molecule has 0 spiro atoms. The summed E-state index contributed by atoms with van der Waals surface area (Å²) in [5, 5.41) is 19.2. The maximum absolute atomic E-state index is 9.86. The van der Waals surface area contributed by atoms with E-state index in [1.807, 2.05) is 0 Å². The molecule has 0 aromatic carbocycles. The van der Waals surface area contributed by atoms with Crippen LogP contribution in [0, 0.1) is 11.8 Å². The molecule has 0 aliphatic rings. The molecule has 0 amide bonds. The second-order valence-corrected chi connectivity index (χ2v) is 4.26. The Morgan fingerprint density at radius 3 is 1.86 bits per heavy atom. The molecule has 2 nitrogen and oxygen atoms in total. The molecule has 4 atom stereocenters. The van der Waals surface area contributed by atoms with Crippen LogP contribution in [0.15, 0.2) is 0 Å². The molecule has 0 heterocycles. The molecule has 0 radical (unpaired) electrons. The summed E-state index contributed by atoms with van der Waals surface area (Å²) in [6, 6.07) is 0. The first-order valence-electron chi connectivity index (χ1n) is 5.94. The average molecular weight is 202 g/mol. The SMILES string of the molecule is CCCC(CC)C(CC)C(O)C(C)O. The zero-order valence-electron chi connectivity index (χ0n) is 10.0. The van der Waals surface area contributed by atoms with Gasteiger partial charge in [0.15, 0.2) is 0 Å². The van der Waals surface area contributed by atoms with Crippen molar-refractivity contribution in [3.63, 3.8) is 0 Å². The van der Waals surface area contributed by atoms with Gasteiger partial charge >= 0.3 is 0 Å². The summed E-state index contributed by atoms with van der Waals surface area (Å²) < 4.78 is 0. The van der Waals surface area contributed by atoms with Gasteiger partial charge in [-0.3, -0.25) is 0 Å². The first-order chi connectivity index (χ1) is 6.58. The van der Waals surface area contributed by atoms with E-state index in [4.69, 9.17) is 0 Å². The van der Waals surface area contributed by atoms with Crippen LogP contribution in [0.25, 0.3) is 0 Å². The van der Waals surface area contributed by atoms with Gasteiger partial charge in [-0.1, -0.05) is 46.5 Å². The fraction of sp³-hybridized carbons (Fsp3) is 1.00. The Morgan fingerprint density at radius 1 is 1.00 bits per heavy atom. The Bertz CT molecular complexity index is 134. The summed E-state index contributed by atoms with van der Waals surface area (Å²) in [5.41, 5.74) is 0. The van der Waals surface area contributed by atoms with E-state index in [0.29, 0.717) is 5.92 Å². The van der Waals surface area contributed by atoms with Gasteiger partial charge in [-0.15, -0.1) is 0 Å². The Hall–Kier alpha value is -0.0800. The van der Waals surface area contributed by atoms with Crippen LogP contribution in [0.3, 0.4) is 0 Å². The molecule has 4 unspecified atom stereocenters. The van der Waals surface area contributed by atoms with Crippen LogP contribution >= 0.6 is 0 Å². The highest BCUT2D eigenvalue weighted by Gasteiger charge is 2.27. The van der Waals surface area contributed by atoms with Gasteiger partial charge in [0.2, 0.25) is 0 Å². The highest BCUT2D eigenvalue weighted by molar-refractivity contribution is 4.78. The predicted molar refractivity (Wildman–Crippen MR) is 60.2 cm³/mol. The van der Waals surface area contributed by atoms with Gasteiger partial charge in [0.25, 0.3) is 0 Å². The number of aliphatic hydroxyl groups excluding tert-OH is 2. The minimum atomic E-state index is -0.606. The molecule has 14 heavy (non-hydrogen) atoms. The van der Waals surface area contributed by atoms with Crippen LogP contribution in [-0.4, -0.2) is 22.4 Å². The quantitative estimate of drug-likeness (QED) is 0.666. The van der Waals surface area contributed by atoms with Gasteiger partial charge in [-0.25, -0.2) is 0 Å². The first-order valence-corrected chi connectivity index (χ1v) is 5.94. The van der Waals surface area contributed by atoms with E-state index in [1.165, 1.54) is 0 Å². The van der Waals surface area contributed by atoms with Crippen LogP contribution in [0.1, 0.15) is 53.4 Å². The Morgan fingerprint density at radius 2 is 1.57 bits per heavy atom. The molecule has 0 aromatic heterocycles. The fourth-order valence-corrected chi connectivity index (χ4v) is 2.30. The van der Waals surface area contributed by atoms with E-state index in [2.05, 4.69) is 20.8 Å². The highest BCUT2D eigenvalue weighted by Crippen LogP contribution is 2.28. The summed E-state index contributed by atoms with van der Waals surface area (Å²) in [6.07, 6.45) is 3.18. The van der Waals surface area contributed by atoms with E-state index < -0.39 is 12.2 Å². The standard InChI is InChI=1S/C12H26O2/c1-5-8-10(6-2)11(7-3)12(14)9(4)13/h9-14H,5-8H2,1-4H3. The van der Waals surface area contributed by atoms with E-state index in [-0.39, 0.29) is 5.92 Å². The second-order valence-electron chi connectivity index (χ2n) is 4.26. The van der Waals surface area contributed by atoms with Gasteiger partial charge in [0.05, 0.1) is 12.2 Å². The third kappa shape index (κ3) is 3.97. The maximum atomic E-state index is 9.86. The van der Waals surface area contributed by atoms with Crippen LogP contribution in [-0.2, 0) is 0 Å². The monoisotopic (exact) mass is 202 g/mol. The van der Waals surface area contributed by atoms with Gasteiger partial charge in [0, 0.05) is 0 Å². The van der Waals surface area contributed by atoms with Crippen LogP contribution in [0.4, 0.5) is 0 Å². The summed E-state index contributed by atoms with van der Waals surface area (Å²) in [5.74, 6) is 0.801. The van der Waals surface area contributed by atoms with Crippen molar-refractivity contribution in [2.75, 3.05) is 0 Å². The fourth-order valence-electron chi connectivity index (χ4n) is 2.30. The summed E-state index contributed by atoms with van der Waals surface area (Å²) >= 11 is 0. The number of hydrogen-bond donors (Lipinski definition) is 2. The lowest BCUT2D eigenvalue weighted by Gasteiger charge is -2.31. The van der Waals surface area contributed by atoms with E-state index in [9.17, 15) is 10.2 Å². The second kappa shape index (κ2) is 7.24. The van der Waals surface area contributed by atoms with Crippen molar-refractivity contribution in [3.05, 3.63) is 0 Å². The molecule has 0 fully saturated rings. The molecule has 0 bridgehead atoms. The normalized spacial score (nSPS) is 20.1. The molecule has 0 rings (SSSR count). The zero-order chi connectivity index (χ0) is 11.1. The van der Waals surface area contributed by atoms with Crippen molar-refractivity contribution >= 4 is 0 Å². The molecule has 0 aromatic rings. The van der Waals surface area contributed by atoms with Crippen molar-refractivity contribution in [3.8, 4) is 0 Å². The third-order valence-corrected chi connectivity index (χ3v) is 3.19. The van der Waals surface area contributed by atoms with Gasteiger partial charge in [-0.2, -0.15) is 0 Å². The molecule has 0 aliphatic heterocycles. The molecule has 86 valence electrons. The Balaban J connectivity index is 4.33. The van der Waals surface area contributed by atoms with Crippen molar-refractivity contribution in [2.45, 2.75) is 65.6 Å². The lowest BCUT2D eigenvalue weighted by atomic mass is 9.79. The van der Waals surface area contributed by atoms with E-state index >= 15 is 0 Å². The topological polar surface area (TPSA) is 40.5 Å². The number of rotatable bonds is 7. The minimum Gasteiger partial charge on any atom is -0.391 e. The molecule has 0 saturated carbocycles. The summed E-state index contributed by atoms with van der Waals surface area (Å²) in [7, 11) is 0. The molecule has 0 aliphatic carbocycles. The molecular weight excluding hydrogens is 176 g/mol. The molecular formula is C12H26O2. The molecule has 0 saturated heterocycles. The Labute approximate surface area is 88.3 Å². The first kappa shape index (κ1) is 13.9. The molecule has 2 heteroatoms. The average Bonchev–Trinajstić information content (AvgIpc) is 2.17. The highest BCUT2D eigenvalue weighted by atomic mass is 16.3. The van der Waals surface area contributed by atoms with Crippen LogP contribution < -0.4 is 0 Å². The number of hydrogen-bond acceptors (Lipinski definition) is 2.